The van der Waals surface area contributed by atoms with Gasteiger partial charge in [0, 0.05) is 30.7 Å². The van der Waals surface area contributed by atoms with Gasteiger partial charge in [-0.3, -0.25) is 4.90 Å². The predicted octanol–water partition coefficient (Wildman–Crippen LogP) is 2.81. The summed E-state index contributed by atoms with van der Waals surface area (Å²) < 4.78 is 5.74. The number of likely N-dealkylation sites (tertiary alicyclic amines) is 1. The number of ether oxygens (including phenoxy) is 1. The van der Waals surface area contributed by atoms with Crippen molar-refractivity contribution < 1.29 is 4.74 Å². The lowest BCUT2D eigenvalue weighted by Crippen LogP contribution is -2.32. The number of hydrogen-bond donors (Lipinski definition) is 1. The summed E-state index contributed by atoms with van der Waals surface area (Å²) in [4.78, 5) is 2.49. The van der Waals surface area contributed by atoms with Crippen molar-refractivity contribution in [1.29, 1.82) is 0 Å². The summed E-state index contributed by atoms with van der Waals surface area (Å²) in [6.45, 7) is 4.03. The van der Waals surface area contributed by atoms with Crippen LogP contribution < -0.4 is 10.5 Å². The van der Waals surface area contributed by atoms with Crippen molar-refractivity contribution in [3.63, 3.8) is 0 Å². The van der Waals surface area contributed by atoms with Gasteiger partial charge in [0.2, 0.25) is 0 Å². The Hall–Kier alpha value is -0.480. The Bertz CT molecular complexity index is 444. The molecule has 1 aromatic rings. The molecular weight excluding hydrogens is 295 g/mol. The van der Waals surface area contributed by atoms with E-state index in [0.717, 1.165) is 36.4 Å². The van der Waals surface area contributed by atoms with Crippen LogP contribution in [0.5, 0.6) is 5.75 Å². The molecule has 3 atom stereocenters. The zero-order chi connectivity index (χ0) is 13.2. The molecule has 0 spiro atoms. The first-order valence-corrected chi connectivity index (χ1v) is 7.46. The van der Waals surface area contributed by atoms with Crippen LogP contribution in [0.4, 0.5) is 0 Å². The number of halogens is 2. The number of hydrogen-bond acceptors (Lipinski definition) is 3. The van der Waals surface area contributed by atoms with Crippen LogP contribution in [0.15, 0.2) is 24.3 Å². The zero-order valence-electron chi connectivity index (χ0n) is 11.5. The predicted molar refractivity (Wildman–Crippen MR) is 84.8 cm³/mol. The summed E-state index contributed by atoms with van der Waals surface area (Å²) in [5.74, 6) is 2.39. The Kier molecular flexibility index (Phi) is 5.56. The molecule has 0 amide bonds. The summed E-state index contributed by atoms with van der Waals surface area (Å²) in [6, 6.07) is 7.99. The molecule has 3 unspecified atom stereocenters. The van der Waals surface area contributed by atoms with E-state index in [-0.39, 0.29) is 12.4 Å². The number of fused-ring (bicyclic) bond motifs is 1. The Labute approximate surface area is 131 Å². The first-order chi connectivity index (χ1) is 9.22. The number of nitrogens with zero attached hydrogens (tertiary/aromatic N) is 1. The molecule has 0 radical (unpaired) electrons. The molecule has 5 heteroatoms. The lowest BCUT2D eigenvalue weighted by atomic mass is 9.98. The standard InChI is InChI=1S/C15H21ClN2O.ClH/c16-12-2-1-3-13(8-12)19-7-6-18-9-11-4-5-15(17)14(11)10-18;/h1-3,8,11,14-15H,4-7,9-10,17H2;1H. The lowest BCUT2D eigenvalue weighted by molar-refractivity contribution is 0.226. The third-order valence-corrected chi connectivity index (χ3v) is 4.70. The molecule has 2 aliphatic rings. The van der Waals surface area contributed by atoms with Gasteiger partial charge in [-0.05, 0) is 42.9 Å². The van der Waals surface area contributed by atoms with Crippen molar-refractivity contribution in [1.82, 2.24) is 4.90 Å². The zero-order valence-corrected chi connectivity index (χ0v) is 13.1. The average Bonchev–Trinajstić information content (AvgIpc) is 2.92. The molecule has 1 saturated carbocycles. The minimum Gasteiger partial charge on any atom is -0.492 e. The van der Waals surface area contributed by atoms with E-state index in [4.69, 9.17) is 22.1 Å². The molecule has 1 aromatic carbocycles. The summed E-state index contributed by atoms with van der Waals surface area (Å²) in [6.07, 6.45) is 2.51. The summed E-state index contributed by atoms with van der Waals surface area (Å²) in [7, 11) is 0. The Morgan fingerprint density at radius 3 is 2.90 bits per heavy atom. The van der Waals surface area contributed by atoms with Gasteiger partial charge in [-0.1, -0.05) is 17.7 Å². The molecule has 0 bridgehead atoms. The van der Waals surface area contributed by atoms with Crippen molar-refractivity contribution >= 4 is 24.0 Å². The maximum Gasteiger partial charge on any atom is 0.120 e. The van der Waals surface area contributed by atoms with Crippen LogP contribution >= 0.6 is 24.0 Å². The SMILES string of the molecule is Cl.NC1CCC2CN(CCOc3cccc(Cl)c3)CC12. The third-order valence-electron chi connectivity index (χ3n) is 4.46. The Morgan fingerprint density at radius 2 is 2.15 bits per heavy atom. The molecule has 1 saturated heterocycles. The summed E-state index contributed by atoms with van der Waals surface area (Å²) in [5.41, 5.74) is 6.15. The van der Waals surface area contributed by atoms with E-state index in [1.807, 2.05) is 24.3 Å². The molecule has 3 nitrogen and oxygen atoms in total. The maximum absolute atomic E-state index is 6.15. The van der Waals surface area contributed by atoms with Crippen LogP contribution in [0, 0.1) is 11.8 Å². The van der Waals surface area contributed by atoms with Gasteiger partial charge in [-0.2, -0.15) is 0 Å². The van der Waals surface area contributed by atoms with Gasteiger partial charge in [-0.15, -0.1) is 12.4 Å². The first kappa shape index (κ1) is 15.9. The van der Waals surface area contributed by atoms with Gasteiger partial charge < -0.3 is 10.5 Å². The van der Waals surface area contributed by atoms with Crippen molar-refractivity contribution in [2.24, 2.45) is 17.6 Å². The molecule has 0 aromatic heterocycles. The van der Waals surface area contributed by atoms with Gasteiger partial charge in [0.1, 0.15) is 12.4 Å². The summed E-state index contributed by atoms with van der Waals surface area (Å²) in [5, 5.41) is 0.721. The quantitative estimate of drug-likeness (QED) is 0.928. The number of benzene rings is 1. The van der Waals surface area contributed by atoms with Crippen LogP contribution in [0.3, 0.4) is 0 Å². The molecule has 2 N–H and O–H groups in total. The highest BCUT2D eigenvalue weighted by Gasteiger charge is 2.40. The fourth-order valence-corrected chi connectivity index (χ4v) is 3.61. The van der Waals surface area contributed by atoms with Gasteiger partial charge in [0.05, 0.1) is 0 Å². The third kappa shape index (κ3) is 3.59. The monoisotopic (exact) mass is 316 g/mol. The maximum atomic E-state index is 6.15. The van der Waals surface area contributed by atoms with E-state index in [2.05, 4.69) is 4.90 Å². The second-order valence-corrected chi connectivity index (χ2v) is 6.17. The molecule has 20 heavy (non-hydrogen) atoms. The molecular formula is C15H22Cl2N2O. The van der Waals surface area contributed by atoms with E-state index in [9.17, 15) is 0 Å². The highest BCUT2D eigenvalue weighted by molar-refractivity contribution is 6.30. The van der Waals surface area contributed by atoms with Crippen molar-refractivity contribution in [3.05, 3.63) is 29.3 Å². The van der Waals surface area contributed by atoms with Gasteiger partial charge in [-0.25, -0.2) is 0 Å². The molecule has 1 aliphatic heterocycles. The average molecular weight is 317 g/mol. The number of rotatable bonds is 4. The van der Waals surface area contributed by atoms with Crippen LogP contribution in [-0.2, 0) is 0 Å². The van der Waals surface area contributed by atoms with Crippen molar-refractivity contribution in [3.8, 4) is 5.75 Å². The highest BCUT2D eigenvalue weighted by atomic mass is 35.5. The molecule has 2 fully saturated rings. The minimum atomic E-state index is 0. The van der Waals surface area contributed by atoms with Crippen LogP contribution in [0.25, 0.3) is 0 Å². The van der Waals surface area contributed by atoms with Crippen LogP contribution in [0.1, 0.15) is 12.8 Å². The van der Waals surface area contributed by atoms with E-state index < -0.39 is 0 Å². The molecule has 1 heterocycles. The van der Waals surface area contributed by atoms with E-state index >= 15 is 0 Å². The van der Waals surface area contributed by atoms with Gasteiger partial charge in [0.15, 0.2) is 0 Å². The molecule has 1 aliphatic carbocycles. The normalized spacial score (nSPS) is 29.0. The summed E-state index contributed by atoms with van der Waals surface area (Å²) >= 11 is 5.93. The Balaban J connectivity index is 0.00000147. The fraction of sp³-hybridized carbons (Fsp3) is 0.600. The topological polar surface area (TPSA) is 38.5 Å². The molecule has 3 rings (SSSR count). The smallest absolute Gasteiger partial charge is 0.120 e. The van der Waals surface area contributed by atoms with Crippen molar-refractivity contribution in [2.45, 2.75) is 18.9 Å². The van der Waals surface area contributed by atoms with Gasteiger partial charge >= 0.3 is 0 Å². The van der Waals surface area contributed by atoms with E-state index in [1.165, 1.54) is 19.4 Å². The van der Waals surface area contributed by atoms with Gasteiger partial charge in [0.25, 0.3) is 0 Å². The van der Waals surface area contributed by atoms with E-state index in [0.29, 0.717) is 12.0 Å². The van der Waals surface area contributed by atoms with E-state index in [1.54, 1.807) is 0 Å². The number of nitrogens with two attached hydrogens (primary N) is 1. The van der Waals surface area contributed by atoms with Crippen LogP contribution in [0.2, 0.25) is 5.02 Å². The van der Waals surface area contributed by atoms with Crippen molar-refractivity contribution in [2.75, 3.05) is 26.2 Å². The largest absolute Gasteiger partial charge is 0.492 e. The Morgan fingerprint density at radius 1 is 1.30 bits per heavy atom. The second kappa shape index (κ2) is 6.99. The minimum absolute atomic E-state index is 0. The molecule has 112 valence electrons. The lowest BCUT2D eigenvalue weighted by Gasteiger charge is -2.18. The highest BCUT2D eigenvalue weighted by Crippen LogP contribution is 2.36. The second-order valence-electron chi connectivity index (χ2n) is 5.73. The fourth-order valence-electron chi connectivity index (χ4n) is 3.43. The van der Waals surface area contributed by atoms with Crippen LogP contribution in [-0.4, -0.2) is 37.2 Å². The first-order valence-electron chi connectivity index (χ1n) is 7.08.